The van der Waals surface area contributed by atoms with Gasteiger partial charge in [-0.3, -0.25) is 16.1 Å². The molecule has 4 nitrogen and oxygen atoms in total. The highest BCUT2D eigenvalue weighted by molar-refractivity contribution is 5.77. The standard InChI is InChI=1S/C4H11N3O/c1-2-6-4(8)3-7-5/h7H,2-3,5H2,1H3,(H,6,8). The molecule has 0 radical (unpaired) electrons. The Kier molecular flexibility index (Phi) is 4.20. The number of hydrazine groups is 1. The van der Waals surface area contributed by atoms with E-state index in [4.69, 9.17) is 5.84 Å². The van der Waals surface area contributed by atoms with E-state index in [-0.39, 0.29) is 12.5 Å². The van der Waals surface area contributed by atoms with E-state index in [1.54, 1.807) is 0 Å². The molecule has 4 N–H and O–H groups in total. The molecule has 0 aliphatic carbocycles. The van der Waals surface area contributed by atoms with Crippen molar-refractivity contribution in [3.05, 3.63) is 0 Å². The summed E-state index contributed by atoms with van der Waals surface area (Å²) in [6, 6.07) is 0. The lowest BCUT2D eigenvalue weighted by atomic mass is 10.6. The zero-order valence-electron chi connectivity index (χ0n) is 4.90. The molecule has 0 fully saturated rings. The van der Waals surface area contributed by atoms with E-state index in [1.165, 1.54) is 0 Å². The van der Waals surface area contributed by atoms with Crippen molar-refractivity contribution in [1.29, 1.82) is 0 Å². The number of nitrogens with two attached hydrogens (primary N) is 1. The fourth-order valence-electron chi connectivity index (χ4n) is 0.352. The SMILES string of the molecule is CCNC(=O)CNN. The van der Waals surface area contributed by atoms with Crippen LogP contribution in [-0.4, -0.2) is 19.0 Å². The first-order valence-electron chi connectivity index (χ1n) is 2.51. The molecule has 0 spiro atoms. The van der Waals surface area contributed by atoms with Crippen molar-refractivity contribution in [2.75, 3.05) is 13.1 Å². The van der Waals surface area contributed by atoms with Crippen LogP contribution in [0.4, 0.5) is 0 Å². The van der Waals surface area contributed by atoms with Gasteiger partial charge in [-0.05, 0) is 6.92 Å². The lowest BCUT2D eigenvalue weighted by Gasteiger charge is -1.97. The smallest absolute Gasteiger partial charge is 0.235 e. The Bertz CT molecular complexity index is 65.7. The van der Waals surface area contributed by atoms with Gasteiger partial charge in [-0.2, -0.15) is 0 Å². The topological polar surface area (TPSA) is 67.2 Å². The third kappa shape index (κ3) is 3.58. The van der Waals surface area contributed by atoms with Crippen molar-refractivity contribution in [2.45, 2.75) is 6.92 Å². The van der Waals surface area contributed by atoms with E-state index < -0.39 is 0 Å². The predicted molar refractivity (Wildman–Crippen MR) is 30.9 cm³/mol. The lowest BCUT2D eigenvalue weighted by molar-refractivity contribution is -0.120. The zero-order chi connectivity index (χ0) is 6.41. The molecule has 0 saturated heterocycles. The lowest BCUT2D eigenvalue weighted by Crippen LogP contribution is -2.36. The first kappa shape index (κ1) is 7.39. The highest BCUT2D eigenvalue weighted by Gasteiger charge is 1.92. The number of hydrogen-bond acceptors (Lipinski definition) is 3. The maximum absolute atomic E-state index is 10.4. The number of rotatable bonds is 3. The minimum atomic E-state index is -0.0741. The molecule has 4 heteroatoms. The van der Waals surface area contributed by atoms with Gasteiger partial charge >= 0.3 is 0 Å². The Morgan fingerprint density at radius 2 is 2.38 bits per heavy atom. The second-order valence-corrected chi connectivity index (χ2v) is 1.33. The van der Waals surface area contributed by atoms with Crippen LogP contribution in [0.25, 0.3) is 0 Å². The van der Waals surface area contributed by atoms with E-state index in [9.17, 15) is 4.79 Å². The second-order valence-electron chi connectivity index (χ2n) is 1.33. The van der Waals surface area contributed by atoms with Gasteiger partial charge in [0.2, 0.25) is 5.91 Å². The molecule has 48 valence electrons. The van der Waals surface area contributed by atoms with Gasteiger partial charge in [0.05, 0.1) is 6.54 Å². The molecular formula is C4H11N3O. The summed E-state index contributed by atoms with van der Waals surface area (Å²) in [5.74, 6) is 4.77. The number of likely N-dealkylation sites (N-methyl/N-ethyl adjacent to an activating group) is 1. The van der Waals surface area contributed by atoms with Gasteiger partial charge in [0, 0.05) is 6.54 Å². The van der Waals surface area contributed by atoms with Crippen LogP contribution in [-0.2, 0) is 4.79 Å². The first-order valence-corrected chi connectivity index (χ1v) is 2.51. The van der Waals surface area contributed by atoms with Crippen LogP contribution < -0.4 is 16.6 Å². The minimum Gasteiger partial charge on any atom is -0.355 e. The molecule has 0 aliphatic rings. The Hall–Kier alpha value is -0.610. The summed E-state index contributed by atoms with van der Waals surface area (Å²) >= 11 is 0. The van der Waals surface area contributed by atoms with Crippen LogP contribution in [0.2, 0.25) is 0 Å². The van der Waals surface area contributed by atoms with Gasteiger partial charge in [0.15, 0.2) is 0 Å². The summed E-state index contributed by atoms with van der Waals surface area (Å²) in [5.41, 5.74) is 2.24. The molecule has 0 bridgehead atoms. The third-order valence-electron chi connectivity index (χ3n) is 0.637. The van der Waals surface area contributed by atoms with Crippen LogP contribution in [0.1, 0.15) is 6.92 Å². The third-order valence-corrected chi connectivity index (χ3v) is 0.637. The van der Waals surface area contributed by atoms with Gasteiger partial charge in [0.1, 0.15) is 0 Å². The summed E-state index contributed by atoms with van der Waals surface area (Å²) in [4.78, 5) is 10.4. The number of nitrogens with one attached hydrogen (secondary N) is 2. The highest BCUT2D eigenvalue weighted by Crippen LogP contribution is 1.57. The Morgan fingerprint density at radius 1 is 1.75 bits per heavy atom. The van der Waals surface area contributed by atoms with Crippen LogP contribution in [0, 0.1) is 0 Å². The van der Waals surface area contributed by atoms with Crippen molar-refractivity contribution in [2.24, 2.45) is 5.84 Å². The highest BCUT2D eigenvalue weighted by atomic mass is 16.1. The molecule has 0 heterocycles. The number of amides is 1. The van der Waals surface area contributed by atoms with Crippen molar-refractivity contribution < 1.29 is 4.79 Å². The summed E-state index contributed by atoms with van der Waals surface area (Å²) in [5, 5.41) is 2.56. The second kappa shape index (κ2) is 4.55. The average molecular weight is 117 g/mol. The van der Waals surface area contributed by atoms with Crippen molar-refractivity contribution in [3.8, 4) is 0 Å². The largest absolute Gasteiger partial charge is 0.355 e. The maximum Gasteiger partial charge on any atom is 0.235 e. The molecule has 0 unspecified atom stereocenters. The van der Waals surface area contributed by atoms with E-state index in [1.807, 2.05) is 6.92 Å². The van der Waals surface area contributed by atoms with Crippen LogP contribution in [0.3, 0.4) is 0 Å². The first-order chi connectivity index (χ1) is 3.81. The Morgan fingerprint density at radius 3 is 2.75 bits per heavy atom. The van der Waals surface area contributed by atoms with E-state index in [0.717, 1.165) is 0 Å². The van der Waals surface area contributed by atoms with Crippen LogP contribution in [0.15, 0.2) is 0 Å². The van der Waals surface area contributed by atoms with Gasteiger partial charge < -0.3 is 5.32 Å². The Labute approximate surface area is 48.4 Å². The monoisotopic (exact) mass is 117 g/mol. The summed E-state index contributed by atoms with van der Waals surface area (Å²) < 4.78 is 0. The molecular weight excluding hydrogens is 106 g/mol. The van der Waals surface area contributed by atoms with Crippen molar-refractivity contribution in [1.82, 2.24) is 10.7 Å². The van der Waals surface area contributed by atoms with Gasteiger partial charge in [0.25, 0.3) is 0 Å². The number of carbonyl (C=O) groups is 1. The molecule has 0 saturated carbocycles. The summed E-state index contributed by atoms with van der Waals surface area (Å²) in [7, 11) is 0. The summed E-state index contributed by atoms with van der Waals surface area (Å²) in [6.07, 6.45) is 0. The molecule has 0 aromatic heterocycles. The van der Waals surface area contributed by atoms with E-state index >= 15 is 0 Å². The zero-order valence-corrected chi connectivity index (χ0v) is 4.90. The predicted octanol–water partition coefficient (Wildman–Crippen LogP) is -1.41. The average Bonchev–Trinajstić information content (AvgIpc) is 1.68. The van der Waals surface area contributed by atoms with Crippen molar-refractivity contribution in [3.63, 3.8) is 0 Å². The maximum atomic E-state index is 10.4. The van der Waals surface area contributed by atoms with Gasteiger partial charge in [-0.15, -0.1) is 0 Å². The van der Waals surface area contributed by atoms with Crippen LogP contribution >= 0.6 is 0 Å². The molecule has 0 aliphatic heterocycles. The molecule has 1 amide bonds. The molecule has 0 aromatic carbocycles. The quantitative estimate of drug-likeness (QED) is 0.314. The molecule has 0 aromatic rings. The minimum absolute atomic E-state index is 0.0741. The molecule has 0 atom stereocenters. The number of hydrogen-bond donors (Lipinski definition) is 3. The van der Waals surface area contributed by atoms with Gasteiger partial charge in [-0.1, -0.05) is 0 Å². The fraction of sp³-hybridized carbons (Fsp3) is 0.750. The molecule has 8 heavy (non-hydrogen) atoms. The van der Waals surface area contributed by atoms with Crippen molar-refractivity contribution >= 4 is 5.91 Å². The van der Waals surface area contributed by atoms with Crippen LogP contribution in [0.5, 0.6) is 0 Å². The van der Waals surface area contributed by atoms with E-state index in [2.05, 4.69) is 10.7 Å². The van der Waals surface area contributed by atoms with Gasteiger partial charge in [-0.25, -0.2) is 0 Å². The fourth-order valence-corrected chi connectivity index (χ4v) is 0.352. The summed E-state index contributed by atoms with van der Waals surface area (Å²) in [6.45, 7) is 2.70. The number of carbonyl (C=O) groups excluding carboxylic acids is 1. The normalized spacial score (nSPS) is 8.75. The Balaban J connectivity index is 3.06. The molecule has 0 rings (SSSR count). The van der Waals surface area contributed by atoms with E-state index in [0.29, 0.717) is 6.54 Å².